The maximum absolute atomic E-state index is 3.07. The minimum Gasteiger partial charge on any atom is -0.367 e. The van der Waals surface area contributed by atoms with Gasteiger partial charge in [0.1, 0.15) is 0 Å². The van der Waals surface area contributed by atoms with Crippen molar-refractivity contribution >= 4 is 21.4 Å². The monoisotopic (exact) mass is 199 g/mol. The number of fused-ring (bicyclic) bond motifs is 1. The Bertz CT molecular complexity index is 548. The Morgan fingerprint density at radius 3 is 2.86 bits per heavy atom. The minimum atomic E-state index is 1.25. The van der Waals surface area contributed by atoms with E-state index in [1.54, 1.807) is 11.3 Å². The summed E-state index contributed by atoms with van der Waals surface area (Å²) in [5.41, 5.74) is 2.52. The molecular formula is C12H9NS. The first-order chi connectivity index (χ1) is 6.93. The van der Waals surface area contributed by atoms with Crippen LogP contribution in [0.15, 0.2) is 48.1 Å². The highest BCUT2D eigenvalue weighted by Gasteiger charge is 1.99. The fraction of sp³-hybridized carbons (Fsp3) is 0. The molecule has 0 saturated carbocycles. The summed E-state index contributed by atoms with van der Waals surface area (Å²) in [5.74, 6) is 0. The number of hydrogen-bond donors (Lipinski definition) is 1. The zero-order valence-corrected chi connectivity index (χ0v) is 8.34. The third-order valence-electron chi connectivity index (χ3n) is 2.38. The number of benzene rings is 1. The van der Waals surface area contributed by atoms with E-state index in [-0.39, 0.29) is 0 Å². The van der Waals surface area contributed by atoms with Gasteiger partial charge in [-0.3, -0.25) is 0 Å². The van der Waals surface area contributed by atoms with Crippen molar-refractivity contribution in [1.29, 1.82) is 0 Å². The molecule has 0 unspecified atom stereocenters. The van der Waals surface area contributed by atoms with Gasteiger partial charge in [0.2, 0.25) is 0 Å². The van der Waals surface area contributed by atoms with E-state index in [4.69, 9.17) is 0 Å². The van der Waals surface area contributed by atoms with Crippen LogP contribution in [-0.2, 0) is 0 Å². The molecule has 1 N–H and O–H groups in total. The van der Waals surface area contributed by atoms with Crippen molar-refractivity contribution in [2.75, 3.05) is 0 Å². The van der Waals surface area contributed by atoms with E-state index >= 15 is 0 Å². The Morgan fingerprint density at radius 2 is 2.00 bits per heavy atom. The van der Waals surface area contributed by atoms with Gasteiger partial charge in [-0.1, -0.05) is 6.07 Å². The van der Waals surface area contributed by atoms with Crippen molar-refractivity contribution in [3.8, 4) is 11.1 Å². The Kier molecular flexibility index (Phi) is 1.67. The van der Waals surface area contributed by atoms with Crippen LogP contribution in [0.1, 0.15) is 0 Å². The van der Waals surface area contributed by atoms with Crippen molar-refractivity contribution < 1.29 is 0 Å². The van der Waals surface area contributed by atoms with Crippen LogP contribution in [0.4, 0.5) is 0 Å². The Labute approximate surface area is 86.0 Å². The van der Waals surface area contributed by atoms with Gasteiger partial charge in [0.15, 0.2) is 0 Å². The average molecular weight is 199 g/mol. The summed E-state index contributed by atoms with van der Waals surface area (Å²) in [5, 5.41) is 3.46. The largest absolute Gasteiger partial charge is 0.367 e. The summed E-state index contributed by atoms with van der Waals surface area (Å²) < 4.78 is 1.35. The highest BCUT2D eigenvalue weighted by molar-refractivity contribution is 7.17. The van der Waals surface area contributed by atoms with Gasteiger partial charge in [-0.15, -0.1) is 11.3 Å². The van der Waals surface area contributed by atoms with E-state index < -0.39 is 0 Å². The lowest BCUT2D eigenvalue weighted by molar-refractivity contribution is 1.41. The van der Waals surface area contributed by atoms with Crippen LogP contribution in [0.2, 0.25) is 0 Å². The van der Waals surface area contributed by atoms with Gasteiger partial charge >= 0.3 is 0 Å². The molecule has 0 saturated heterocycles. The summed E-state index contributed by atoms with van der Waals surface area (Å²) in [6.07, 6.45) is 3.97. The Balaban J connectivity index is 2.23. The lowest BCUT2D eigenvalue weighted by Crippen LogP contribution is -1.72. The number of rotatable bonds is 1. The third-order valence-corrected chi connectivity index (χ3v) is 3.28. The molecular weight excluding hydrogens is 190 g/mol. The van der Waals surface area contributed by atoms with Crippen molar-refractivity contribution in [3.05, 3.63) is 48.1 Å². The molecule has 14 heavy (non-hydrogen) atoms. The van der Waals surface area contributed by atoms with E-state index in [1.807, 2.05) is 12.4 Å². The van der Waals surface area contributed by atoms with Crippen LogP contribution in [0.25, 0.3) is 21.2 Å². The van der Waals surface area contributed by atoms with Crippen LogP contribution in [0.3, 0.4) is 0 Å². The molecule has 0 spiro atoms. The SMILES string of the molecule is c1cc(-c2ccc3sccc3c2)c[nH]1. The molecule has 0 fully saturated rings. The molecule has 0 radical (unpaired) electrons. The first-order valence-corrected chi connectivity index (χ1v) is 5.42. The summed E-state index contributed by atoms with van der Waals surface area (Å²) in [6.45, 7) is 0. The lowest BCUT2D eigenvalue weighted by Gasteiger charge is -1.97. The van der Waals surface area contributed by atoms with E-state index in [9.17, 15) is 0 Å². The first-order valence-electron chi connectivity index (χ1n) is 4.54. The smallest absolute Gasteiger partial charge is 0.0343 e. The molecule has 1 aromatic carbocycles. The fourth-order valence-corrected chi connectivity index (χ4v) is 2.42. The lowest BCUT2D eigenvalue weighted by atomic mass is 10.1. The van der Waals surface area contributed by atoms with Crippen LogP contribution in [0, 0.1) is 0 Å². The van der Waals surface area contributed by atoms with Crippen LogP contribution < -0.4 is 0 Å². The van der Waals surface area contributed by atoms with Crippen LogP contribution >= 0.6 is 11.3 Å². The van der Waals surface area contributed by atoms with Gasteiger partial charge < -0.3 is 4.98 Å². The van der Waals surface area contributed by atoms with Crippen molar-refractivity contribution in [1.82, 2.24) is 4.98 Å². The second kappa shape index (κ2) is 3.00. The van der Waals surface area contributed by atoms with Crippen molar-refractivity contribution in [2.24, 2.45) is 0 Å². The molecule has 2 aromatic heterocycles. The van der Waals surface area contributed by atoms with E-state index in [1.165, 1.54) is 21.2 Å². The molecule has 0 amide bonds. The first kappa shape index (κ1) is 7.83. The number of aromatic nitrogens is 1. The van der Waals surface area contributed by atoms with Crippen molar-refractivity contribution in [2.45, 2.75) is 0 Å². The molecule has 2 heterocycles. The number of nitrogens with one attached hydrogen (secondary N) is 1. The van der Waals surface area contributed by atoms with E-state index in [2.05, 4.69) is 40.7 Å². The highest BCUT2D eigenvalue weighted by atomic mass is 32.1. The second-order valence-corrected chi connectivity index (χ2v) is 4.22. The average Bonchev–Trinajstić information content (AvgIpc) is 2.88. The summed E-state index contributed by atoms with van der Waals surface area (Å²) in [6, 6.07) is 10.8. The molecule has 0 aliphatic heterocycles. The molecule has 0 aliphatic rings. The molecule has 0 atom stereocenters. The molecule has 0 bridgehead atoms. The van der Waals surface area contributed by atoms with E-state index in [0.29, 0.717) is 0 Å². The number of hydrogen-bond acceptors (Lipinski definition) is 1. The molecule has 2 heteroatoms. The van der Waals surface area contributed by atoms with Crippen LogP contribution in [0.5, 0.6) is 0 Å². The number of thiophene rings is 1. The fourth-order valence-electron chi connectivity index (χ4n) is 1.65. The van der Waals surface area contributed by atoms with Crippen LogP contribution in [-0.4, -0.2) is 4.98 Å². The maximum atomic E-state index is 3.07. The third kappa shape index (κ3) is 1.16. The zero-order chi connectivity index (χ0) is 9.38. The van der Waals surface area contributed by atoms with Gasteiger partial charge in [-0.25, -0.2) is 0 Å². The van der Waals surface area contributed by atoms with Gasteiger partial charge in [-0.05, 0) is 46.2 Å². The predicted molar refractivity (Wildman–Crippen MR) is 61.6 cm³/mol. The second-order valence-electron chi connectivity index (χ2n) is 3.27. The van der Waals surface area contributed by atoms with E-state index in [0.717, 1.165) is 0 Å². The number of H-pyrrole nitrogens is 1. The molecule has 1 nitrogen and oxygen atoms in total. The van der Waals surface area contributed by atoms with Gasteiger partial charge in [0.05, 0.1) is 0 Å². The van der Waals surface area contributed by atoms with Gasteiger partial charge in [0.25, 0.3) is 0 Å². The predicted octanol–water partition coefficient (Wildman–Crippen LogP) is 3.90. The Hall–Kier alpha value is -1.54. The highest BCUT2D eigenvalue weighted by Crippen LogP contribution is 2.26. The zero-order valence-electron chi connectivity index (χ0n) is 7.53. The molecule has 0 aliphatic carbocycles. The quantitative estimate of drug-likeness (QED) is 0.612. The van der Waals surface area contributed by atoms with Crippen molar-refractivity contribution in [3.63, 3.8) is 0 Å². The topological polar surface area (TPSA) is 15.8 Å². The number of aromatic amines is 1. The summed E-state index contributed by atoms with van der Waals surface area (Å²) >= 11 is 1.79. The molecule has 68 valence electrons. The molecule has 3 rings (SSSR count). The maximum Gasteiger partial charge on any atom is 0.0343 e. The van der Waals surface area contributed by atoms with Gasteiger partial charge in [-0.2, -0.15) is 0 Å². The Morgan fingerprint density at radius 1 is 1.00 bits per heavy atom. The summed E-state index contributed by atoms with van der Waals surface area (Å²) in [7, 11) is 0. The minimum absolute atomic E-state index is 1.25. The standard InChI is InChI=1S/C12H9NS/c1-2-12-10(4-6-14-12)7-9(1)11-3-5-13-8-11/h1-8,13H. The normalized spacial score (nSPS) is 10.9. The van der Waals surface area contributed by atoms with Gasteiger partial charge in [0, 0.05) is 17.1 Å². The molecule has 3 aromatic rings. The summed E-state index contributed by atoms with van der Waals surface area (Å²) in [4.78, 5) is 3.07.